The molecule has 0 saturated heterocycles. The lowest BCUT2D eigenvalue weighted by atomic mass is 10.0. The molecule has 0 atom stereocenters. The molecule has 0 aliphatic rings. The van der Waals surface area contributed by atoms with Gasteiger partial charge in [-0.3, -0.25) is 4.79 Å². The smallest absolute Gasteiger partial charge is 0.292 e. The lowest BCUT2D eigenvalue weighted by Crippen LogP contribution is -2.08. The third-order valence-corrected chi connectivity index (χ3v) is 7.99. The fourth-order valence-corrected chi connectivity index (χ4v) is 5.51. The van der Waals surface area contributed by atoms with Crippen LogP contribution in [0.25, 0.3) is 0 Å². The zero-order valence-electron chi connectivity index (χ0n) is 24.9. The molecule has 0 aromatic rings. The number of unbranched alkanes of at least 4 members (excludes halogenated alkanes) is 19. The second kappa shape index (κ2) is 32.6. The van der Waals surface area contributed by atoms with Crippen molar-refractivity contribution in [2.45, 2.75) is 181 Å². The molecule has 0 rings (SSSR count). The summed E-state index contributed by atoms with van der Waals surface area (Å²) in [5, 5.41) is 7.79. The van der Waals surface area contributed by atoms with Crippen LogP contribution in [0.3, 0.4) is 0 Å². The van der Waals surface area contributed by atoms with Gasteiger partial charge in [-0.1, -0.05) is 156 Å². The maximum absolute atomic E-state index is 11.8. The molecule has 0 bridgehead atoms. The summed E-state index contributed by atoms with van der Waals surface area (Å²) < 4.78 is 5.52. The van der Waals surface area contributed by atoms with Crippen LogP contribution in [0.1, 0.15) is 175 Å². The van der Waals surface area contributed by atoms with Gasteiger partial charge in [0.2, 0.25) is 9.76 Å². The molecule has 3 nitrogen and oxygen atoms in total. The molecule has 0 spiro atoms. The van der Waals surface area contributed by atoms with E-state index in [1.54, 1.807) is 0 Å². The average molecular weight is 545 g/mol. The van der Waals surface area contributed by atoms with Crippen LogP contribution in [0.4, 0.5) is 0 Å². The van der Waals surface area contributed by atoms with Crippen LogP contribution in [-0.4, -0.2) is 25.9 Å². The maximum atomic E-state index is 11.8. The van der Waals surface area contributed by atoms with Gasteiger partial charge in [-0.2, -0.15) is 0 Å². The van der Waals surface area contributed by atoms with Crippen LogP contribution in [0, 0.1) is 5.92 Å². The van der Waals surface area contributed by atoms with Gasteiger partial charge in [0, 0.05) is 13.3 Å². The standard InChI is InChI=1S/C29H60O2Si.C2H4OS/c1-4-5-6-7-18-21-24-27-32-31-29(30)26-23-20-17-15-13-11-9-8-10-12-14-16-19-22-25-28(2)3;1-2(3)4/h28H,4-27,32H2,1-3H3;1H3,(H,3,4). The van der Waals surface area contributed by atoms with Crippen molar-refractivity contribution in [2.24, 2.45) is 5.92 Å². The SMILES string of the molecule is CC(O)=S.CCCCCCCCC[SiH2]OC(=O)CCCCCCCCCCCCCCCCC(C)C. The van der Waals surface area contributed by atoms with Crippen LogP contribution in [0.15, 0.2) is 0 Å². The summed E-state index contributed by atoms with van der Waals surface area (Å²) in [5.41, 5.74) is 0. The number of hydrogen-bond acceptors (Lipinski definition) is 3. The van der Waals surface area contributed by atoms with E-state index in [9.17, 15) is 4.79 Å². The second-order valence-electron chi connectivity index (χ2n) is 11.1. The first-order chi connectivity index (χ1) is 17.4. The summed E-state index contributed by atoms with van der Waals surface area (Å²) in [5.74, 6) is 0.960. The molecule has 0 aliphatic heterocycles. The number of aliphatic hydroxyl groups is 1. The van der Waals surface area contributed by atoms with Crippen LogP contribution in [0.2, 0.25) is 6.04 Å². The van der Waals surface area contributed by atoms with Gasteiger partial charge in [0.25, 0.3) is 5.97 Å². The van der Waals surface area contributed by atoms with Gasteiger partial charge in [-0.25, -0.2) is 0 Å². The average Bonchev–Trinajstić information content (AvgIpc) is 2.82. The van der Waals surface area contributed by atoms with Crippen molar-refractivity contribution in [1.82, 2.24) is 0 Å². The number of hydrogen-bond donors (Lipinski definition) is 1. The minimum atomic E-state index is -0.599. The van der Waals surface area contributed by atoms with E-state index in [2.05, 4.69) is 33.0 Å². The molecule has 0 radical (unpaired) electrons. The van der Waals surface area contributed by atoms with E-state index in [1.807, 2.05) is 0 Å². The molecule has 5 heteroatoms. The monoisotopic (exact) mass is 544 g/mol. The van der Waals surface area contributed by atoms with Gasteiger partial charge >= 0.3 is 0 Å². The van der Waals surface area contributed by atoms with Gasteiger partial charge in [-0.15, -0.1) is 0 Å². The minimum absolute atomic E-state index is 0.000000000000000222. The van der Waals surface area contributed by atoms with Crippen molar-refractivity contribution in [2.75, 3.05) is 0 Å². The Bertz CT molecular complexity index is 453. The highest BCUT2D eigenvalue weighted by atomic mass is 32.1. The molecule has 0 amide bonds. The Hall–Kier alpha value is -0.423. The normalized spacial score (nSPS) is 11.1. The van der Waals surface area contributed by atoms with Crippen molar-refractivity contribution >= 4 is 33.0 Å². The van der Waals surface area contributed by atoms with E-state index in [1.165, 1.54) is 148 Å². The van der Waals surface area contributed by atoms with Crippen molar-refractivity contribution in [3.05, 3.63) is 0 Å². The number of aliphatic hydroxyl groups excluding tert-OH is 1. The summed E-state index contributed by atoms with van der Waals surface area (Å²) in [6.07, 6.45) is 30.6. The molecule has 0 aromatic heterocycles. The molecule has 0 unspecified atom stereocenters. The summed E-state index contributed by atoms with van der Waals surface area (Å²) in [4.78, 5) is 11.8. The molecular weight excluding hydrogens is 480 g/mol. The quantitative estimate of drug-likeness (QED) is 0.0668. The number of carbonyl (C=O) groups excluding carboxylic acids is 1. The molecule has 36 heavy (non-hydrogen) atoms. The lowest BCUT2D eigenvalue weighted by molar-refractivity contribution is -0.134. The molecular formula is C31H64O3SSi. The Balaban J connectivity index is 0. The van der Waals surface area contributed by atoms with Crippen molar-refractivity contribution < 1.29 is 14.3 Å². The van der Waals surface area contributed by atoms with Gasteiger partial charge in [0.05, 0.1) is 0 Å². The first kappa shape index (κ1) is 37.7. The number of rotatable bonds is 26. The van der Waals surface area contributed by atoms with E-state index in [0.29, 0.717) is 6.42 Å². The van der Waals surface area contributed by atoms with Crippen molar-refractivity contribution in [3.63, 3.8) is 0 Å². The minimum Gasteiger partial charge on any atom is -0.525 e. The fraction of sp³-hybridized carbons (Fsp3) is 0.935. The Labute approximate surface area is 234 Å². The summed E-state index contributed by atoms with van der Waals surface area (Å²) in [6.45, 7) is 8.38. The van der Waals surface area contributed by atoms with E-state index in [-0.39, 0.29) is 11.0 Å². The third-order valence-electron chi connectivity index (χ3n) is 6.67. The van der Waals surface area contributed by atoms with Crippen molar-refractivity contribution in [3.8, 4) is 0 Å². The first-order valence-corrected chi connectivity index (χ1v) is 17.7. The predicted octanol–water partition coefficient (Wildman–Crippen LogP) is 10.6. The zero-order chi connectivity index (χ0) is 27.1. The van der Waals surface area contributed by atoms with E-state index >= 15 is 0 Å². The zero-order valence-corrected chi connectivity index (χ0v) is 27.2. The fourth-order valence-electron chi connectivity index (χ4n) is 4.44. The largest absolute Gasteiger partial charge is 0.525 e. The number of thiocarbonyl (C=S) groups is 1. The van der Waals surface area contributed by atoms with Crippen LogP contribution < -0.4 is 0 Å². The highest BCUT2D eigenvalue weighted by Gasteiger charge is 2.03. The van der Waals surface area contributed by atoms with Crippen LogP contribution in [0.5, 0.6) is 0 Å². The highest BCUT2D eigenvalue weighted by Crippen LogP contribution is 2.15. The number of carbonyl (C=O) groups is 1. The Morgan fingerprint density at radius 1 is 0.694 bits per heavy atom. The van der Waals surface area contributed by atoms with E-state index < -0.39 is 9.76 Å². The van der Waals surface area contributed by atoms with Gasteiger partial charge in [0.15, 0.2) is 5.05 Å². The van der Waals surface area contributed by atoms with E-state index in [0.717, 1.165) is 12.3 Å². The topological polar surface area (TPSA) is 46.5 Å². The van der Waals surface area contributed by atoms with E-state index in [4.69, 9.17) is 9.53 Å². The molecule has 1 N–H and O–H groups in total. The Morgan fingerprint density at radius 2 is 1.06 bits per heavy atom. The van der Waals surface area contributed by atoms with Crippen LogP contribution in [-0.2, 0) is 9.22 Å². The second-order valence-corrected chi connectivity index (χ2v) is 13.1. The molecule has 0 saturated carbocycles. The molecule has 216 valence electrons. The van der Waals surface area contributed by atoms with Crippen LogP contribution >= 0.6 is 12.2 Å². The molecule has 0 fully saturated rings. The predicted molar refractivity (Wildman–Crippen MR) is 167 cm³/mol. The lowest BCUT2D eigenvalue weighted by Gasteiger charge is -2.06. The third kappa shape index (κ3) is 40.7. The molecule has 0 heterocycles. The van der Waals surface area contributed by atoms with Gasteiger partial charge < -0.3 is 9.53 Å². The summed E-state index contributed by atoms with van der Waals surface area (Å²) >= 11 is 4.09. The first-order valence-electron chi connectivity index (χ1n) is 15.7. The maximum Gasteiger partial charge on any atom is 0.292 e. The molecule has 0 aliphatic carbocycles. The molecule has 0 aromatic carbocycles. The summed E-state index contributed by atoms with van der Waals surface area (Å²) in [7, 11) is -0.599. The van der Waals surface area contributed by atoms with Gasteiger partial charge in [0.1, 0.15) is 0 Å². The highest BCUT2D eigenvalue weighted by molar-refractivity contribution is 7.79. The Kier molecular flexibility index (Phi) is 34.2. The van der Waals surface area contributed by atoms with Crippen molar-refractivity contribution in [1.29, 1.82) is 0 Å². The Morgan fingerprint density at radius 3 is 1.47 bits per heavy atom. The van der Waals surface area contributed by atoms with Gasteiger partial charge in [-0.05, 0) is 30.6 Å². The summed E-state index contributed by atoms with van der Waals surface area (Å²) in [6, 6.07) is 1.18.